The van der Waals surface area contributed by atoms with Gasteiger partial charge in [0.25, 0.3) is 0 Å². The minimum absolute atomic E-state index is 0.194. The van der Waals surface area contributed by atoms with Crippen molar-refractivity contribution in [2.75, 3.05) is 6.54 Å². The van der Waals surface area contributed by atoms with Crippen molar-refractivity contribution in [3.63, 3.8) is 0 Å². The Morgan fingerprint density at radius 3 is 2.83 bits per heavy atom. The first kappa shape index (κ1) is 11.9. The summed E-state index contributed by atoms with van der Waals surface area (Å²) in [6.07, 6.45) is 2.11. The highest BCUT2D eigenvalue weighted by atomic mass is 32.1. The number of nitrogens with one attached hydrogen (secondary N) is 1. The Labute approximate surface area is 112 Å². The monoisotopic (exact) mass is 258 g/mol. The third-order valence-electron chi connectivity index (χ3n) is 3.65. The quantitative estimate of drug-likeness (QED) is 0.884. The van der Waals surface area contributed by atoms with Gasteiger partial charge in [-0.05, 0) is 52.9 Å². The fourth-order valence-electron chi connectivity index (χ4n) is 2.69. The number of benzene rings is 1. The minimum atomic E-state index is 0.194. The molecular weight excluding hydrogens is 240 g/mol. The van der Waals surface area contributed by atoms with Gasteiger partial charge in [-0.2, -0.15) is 11.3 Å². The molecule has 3 rings (SSSR count). The Morgan fingerprint density at radius 2 is 2.06 bits per heavy atom. The van der Waals surface area contributed by atoms with Crippen molar-refractivity contribution >= 4 is 11.3 Å². The van der Waals surface area contributed by atoms with Crippen molar-refractivity contribution in [3.05, 3.63) is 57.8 Å². The maximum Gasteiger partial charge on any atom is 0.0341 e. The molecule has 3 heteroatoms. The Kier molecular flexibility index (Phi) is 3.46. The van der Waals surface area contributed by atoms with Crippen LogP contribution in [0.15, 0.2) is 41.1 Å². The molecule has 1 aliphatic carbocycles. The summed E-state index contributed by atoms with van der Waals surface area (Å²) in [5.74, 6) is 0. The molecule has 0 aliphatic heterocycles. The van der Waals surface area contributed by atoms with E-state index in [4.69, 9.17) is 5.73 Å². The van der Waals surface area contributed by atoms with E-state index in [0.29, 0.717) is 6.04 Å². The smallest absolute Gasteiger partial charge is 0.0341 e. The van der Waals surface area contributed by atoms with E-state index in [1.165, 1.54) is 16.7 Å². The number of fused-ring (bicyclic) bond motifs is 1. The number of hydrogen-bond acceptors (Lipinski definition) is 3. The molecular formula is C15H18N2S. The van der Waals surface area contributed by atoms with Crippen LogP contribution in [0.25, 0.3) is 0 Å². The summed E-state index contributed by atoms with van der Waals surface area (Å²) >= 11 is 1.76. The molecule has 2 unspecified atom stereocenters. The first-order valence-corrected chi connectivity index (χ1v) is 7.38. The standard InChI is InChI=1S/C15H18N2S/c16-14-9-15(13-4-2-1-3-12(13)14)17-7-5-11-6-8-18-10-11/h1-4,6,8,10,14-15,17H,5,7,9,16H2. The molecule has 0 bridgehead atoms. The second kappa shape index (κ2) is 5.22. The van der Waals surface area contributed by atoms with Gasteiger partial charge in [-0.15, -0.1) is 0 Å². The van der Waals surface area contributed by atoms with Crippen LogP contribution in [0.2, 0.25) is 0 Å². The van der Waals surface area contributed by atoms with Gasteiger partial charge in [-0.25, -0.2) is 0 Å². The molecule has 1 aromatic carbocycles. The molecule has 0 spiro atoms. The minimum Gasteiger partial charge on any atom is -0.324 e. The highest BCUT2D eigenvalue weighted by molar-refractivity contribution is 7.07. The van der Waals surface area contributed by atoms with Crippen LogP contribution in [0.3, 0.4) is 0 Å². The van der Waals surface area contributed by atoms with Gasteiger partial charge in [0.05, 0.1) is 0 Å². The highest BCUT2D eigenvalue weighted by Gasteiger charge is 2.27. The first-order valence-electron chi connectivity index (χ1n) is 6.43. The normalized spacial score (nSPS) is 22.1. The second-order valence-corrected chi connectivity index (χ2v) is 5.64. The van der Waals surface area contributed by atoms with Gasteiger partial charge in [0.15, 0.2) is 0 Å². The molecule has 1 aromatic heterocycles. The predicted octanol–water partition coefficient (Wildman–Crippen LogP) is 3.03. The van der Waals surface area contributed by atoms with Gasteiger partial charge >= 0.3 is 0 Å². The molecule has 0 fully saturated rings. The molecule has 18 heavy (non-hydrogen) atoms. The molecule has 2 aromatic rings. The third kappa shape index (κ3) is 2.34. The van der Waals surface area contributed by atoms with Crippen LogP contribution in [0.5, 0.6) is 0 Å². The fraction of sp³-hybridized carbons (Fsp3) is 0.333. The van der Waals surface area contributed by atoms with Gasteiger partial charge < -0.3 is 11.1 Å². The zero-order chi connectivity index (χ0) is 12.4. The van der Waals surface area contributed by atoms with Gasteiger partial charge in [-0.3, -0.25) is 0 Å². The molecule has 94 valence electrons. The SMILES string of the molecule is NC1CC(NCCc2ccsc2)c2ccccc21. The number of rotatable bonds is 4. The number of thiophene rings is 1. The molecule has 2 atom stereocenters. The summed E-state index contributed by atoms with van der Waals surface area (Å²) in [5, 5.41) is 7.98. The van der Waals surface area contributed by atoms with Crippen molar-refractivity contribution in [2.45, 2.75) is 24.9 Å². The summed E-state index contributed by atoms with van der Waals surface area (Å²) in [5.41, 5.74) is 10.3. The van der Waals surface area contributed by atoms with Crippen LogP contribution in [-0.4, -0.2) is 6.54 Å². The Morgan fingerprint density at radius 1 is 1.22 bits per heavy atom. The van der Waals surface area contributed by atoms with E-state index in [-0.39, 0.29) is 6.04 Å². The van der Waals surface area contributed by atoms with E-state index in [1.807, 2.05) is 0 Å². The topological polar surface area (TPSA) is 38.0 Å². The van der Waals surface area contributed by atoms with Gasteiger partial charge in [0, 0.05) is 12.1 Å². The van der Waals surface area contributed by atoms with E-state index >= 15 is 0 Å². The lowest BCUT2D eigenvalue weighted by molar-refractivity contribution is 0.502. The van der Waals surface area contributed by atoms with Gasteiger partial charge in [0.1, 0.15) is 0 Å². The number of hydrogen-bond donors (Lipinski definition) is 2. The van der Waals surface area contributed by atoms with Crippen LogP contribution in [0.1, 0.15) is 35.2 Å². The van der Waals surface area contributed by atoms with E-state index in [0.717, 1.165) is 19.4 Å². The van der Waals surface area contributed by atoms with E-state index in [9.17, 15) is 0 Å². The lowest BCUT2D eigenvalue weighted by Gasteiger charge is -2.13. The van der Waals surface area contributed by atoms with Crippen molar-refractivity contribution < 1.29 is 0 Å². The molecule has 2 nitrogen and oxygen atoms in total. The Hall–Kier alpha value is -1.16. The van der Waals surface area contributed by atoms with Crippen LogP contribution < -0.4 is 11.1 Å². The van der Waals surface area contributed by atoms with Crippen molar-refractivity contribution in [2.24, 2.45) is 5.73 Å². The lowest BCUT2D eigenvalue weighted by atomic mass is 10.1. The van der Waals surface area contributed by atoms with E-state index < -0.39 is 0 Å². The van der Waals surface area contributed by atoms with Crippen LogP contribution in [0, 0.1) is 0 Å². The summed E-state index contributed by atoms with van der Waals surface area (Å²) in [6.45, 7) is 1.02. The van der Waals surface area contributed by atoms with Crippen LogP contribution in [0.4, 0.5) is 0 Å². The highest BCUT2D eigenvalue weighted by Crippen LogP contribution is 2.36. The molecule has 3 N–H and O–H groups in total. The van der Waals surface area contributed by atoms with Crippen LogP contribution >= 0.6 is 11.3 Å². The fourth-order valence-corrected chi connectivity index (χ4v) is 3.40. The van der Waals surface area contributed by atoms with Gasteiger partial charge in [-0.1, -0.05) is 24.3 Å². The molecule has 0 radical (unpaired) electrons. The lowest BCUT2D eigenvalue weighted by Crippen LogP contribution is -2.22. The van der Waals surface area contributed by atoms with Crippen molar-refractivity contribution in [1.29, 1.82) is 0 Å². The summed E-state index contributed by atoms with van der Waals surface area (Å²) in [7, 11) is 0. The van der Waals surface area contributed by atoms with E-state index in [2.05, 4.69) is 46.4 Å². The largest absolute Gasteiger partial charge is 0.324 e. The first-order chi connectivity index (χ1) is 8.84. The average molecular weight is 258 g/mol. The zero-order valence-corrected chi connectivity index (χ0v) is 11.1. The second-order valence-electron chi connectivity index (χ2n) is 4.86. The predicted molar refractivity (Wildman–Crippen MR) is 76.8 cm³/mol. The van der Waals surface area contributed by atoms with Crippen molar-refractivity contribution in [1.82, 2.24) is 5.32 Å². The summed E-state index contributed by atoms with van der Waals surface area (Å²) in [6, 6.07) is 11.3. The number of nitrogens with two attached hydrogens (primary N) is 1. The zero-order valence-electron chi connectivity index (χ0n) is 10.3. The van der Waals surface area contributed by atoms with Crippen molar-refractivity contribution in [3.8, 4) is 0 Å². The molecule has 1 heterocycles. The van der Waals surface area contributed by atoms with E-state index in [1.54, 1.807) is 11.3 Å². The molecule has 0 saturated carbocycles. The maximum atomic E-state index is 6.16. The molecule has 0 amide bonds. The molecule has 0 saturated heterocycles. The maximum absolute atomic E-state index is 6.16. The molecule has 1 aliphatic rings. The summed E-state index contributed by atoms with van der Waals surface area (Å²) < 4.78 is 0. The third-order valence-corrected chi connectivity index (χ3v) is 4.38. The average Bonchev–Trinajstić information content (AvgIpc) is 3.00. The Bertz CT molecular complexity index is 507. The van der Waals surface area contributed by atoms with Gasteiger partial charge in [0.2, 0.25) is 0 Å². The van der Waals surface area contributed by atoms with Crippen LogP contribution in [-0.2, 0) is 6.42 Å². The Balaban J connectivity index is 1.61. The summed E-state index contributed by atoms with van der Waals surface area (Å²) in [4.78, 5) is 0.